The van der Waals surface area contributed by atoms with Crippen LogP contribution in [0.15, 0.2) is 43.1 Å². The van der Waals surface area contributed by atoms with Gasteiger partial charge in [0.1, 0.15) is 18.2 Å². The van der Waals surface area contributed by atoms with Crippen LogP contribution in [0.5, 0.6) is 5.75 Å². The zero-order valence-electron chi connectivity index (χ0n) is 18.8. The van der Waals surface area contributed by atoms with Gasteiger partial charge >= 0.3 is 0 Å². The molecule has 1 aromatic heterocycles. The molecule has 4 heterocycles. The summed E-state index contributed by atoms with van der Waals surface area (Å²) in [5.74, 6) is 9.19. The molecule has 5 rings (SSSR count). The zero-order chi connectivity index (χ0) is 22.6. The van der Waals surface area contributed by atoms with Crippen LogP contribution < -0.4 is 10.1 Å². The lowest BCUT2D eigenvalue weighted by atomic mass is 9.89. The minimum Gasteiger partial charge on any atom is -0.487 e. The predicted octanol–water partition coefficient (Wildman–Crippen LogP) is 4.39. The second kappa shape index (κ2) is 9.68. The Morgan fingerprint density at radius 3 is 2.79 bits per heavy atom. The molecule has 0 bridgehead atoms. The summed E-state index contributed by atoms with van der Waals surface area (Å²) in [7, 11) is 0. The summed E-state index contributed by atoms with van der Waals surface area (Å²) >= 11 is 0. The Morgan fingerprint density at radius 2 is 2.00 bits per heavy atom. The first kappa shape index (κ1) is 21.5. The molecule has 2 fully saturated rings. The van der Waals surface area contributed by atoms with Gasteiger partial charge in [-0.25, -0.2) is 4.98 Å². The van der Waals surface area contributed by atoms with Crippen molar-refractivity contribution in [3.05, 3.63) is 59.8 Å². The monoisotopic (exact) mass is 443 g/mol. The number of hydrogen-bond donors (Lipinski definition) is 1. The van der Waals surface area contributed by atoms with Crippen LogP contribution in [-0.4, -0.2) is 42.1 Å². The van der Waals surface area contributed by atoms with Gasteiger partial charge in [0.05, 0.1) is 5.69 Å². The van der Waals surface area contributed by atoms with Crippen molar-refractivity contribution in [2.45, 2.75) is 38.2 Å². The molecule has 2 aromatic rings. The summed E-state index contributed by atoms with van der Waals surface area (Å²) < 4.78 is 11.7. The number of amides is 1. The van der Waals surface area contributed by atoms with E-state index < -0.39 is 0 Å². The SMILES string of the molecule is C=CC(=O)N1CCC(C#Cc2ccc3c(c2)Nc2nccc(C4CCOCC4)c2CO3)CC1. The van der Waals surface area contributed by atoms with Crippen molar-refractivity contribution in [3.8, 4) is 17.6 Å². The molecular formula is C27H29N3O3. The Kier molecular flexibility index (Phi) is 6.32. The van der Waals surface area contributed by atoms with Gasteiger partial charge in [-0.1, -0.05) is 18.4 Å². The van der Waals surface area contributed by atoms with Crippen LogP contribution >= 0.6 is 0 Å². The standard InChI is InChI=1S/C27H29N3O3/c1-2-26(31)30-13-8-19(9-14-30)3-4-20-5-6-25-24(17-20)29-27-23(18-33-25)22(7-12-28-27)21-10-15-32-16-11-21/h2,5-7,12,17,19,21H,1,8-11,13-16,18H2,(H,28,29). The lowest BCUT2D eigenvalue weighted by Crippen LogP contribution is -2.37. The van der Waals surface area contributed by atoms with Gasteiger partial charge in [0.25, 0.3) is 0 Å². The normalized spacial score (nSPS) is 18.5. The van der Waals surface area contributed by atoms with Gasteiger partial charge in [-0.2, -0.15) is 0 Å². The van der Waals surface area contributed by atoms with E-state index in [0.717, 1.165) is 80.4 Å². The number of likely N-dealkylation sites (tertiary alicyclic amines) is 1. The Morgan fingerprint density at radius 1 is 1.18 bits per heavy atom. The summed E-state index contributed by atoms with van der Waals surface area (Å²) in [6.45, 7) is 7.16. The van der Waals surface area contributed by atoms with Gasteiger partial charge in [-0.05, 0) is 67.5 Å². The number of pyridine rings is 1. The van der Waals surface area contributed by atoms with E-state index in [0.29, 0.717) is 18.4 Å². The van der Waals surface area contributed by atoms with E-state index in [2.05, 4.69) is 34.8 Å². The maximum atomic E-state index is 11.8. The van der Waals surface area contributed by atoms with Crippen LogP contribution in [0.25, 0.3) is 0 Å². The third-order valence-electron chi connectivity index (χ3n) is 6.76. The molecule has 3 aliphatic rings. The highest BCUT2D eigenvalue weighted by atomic mass is 16.5. The number of carbonyl (C=O) groups excluding carboxylic acids is 1. The quantitative estimate of drug-likeness (QED) is 0.551. The number of anilines is 2. The van der Waals surface area contributed by atoms with Gasteiger partial charge in [0.15, 0.2) is 0 Å². The van der Waals surface area contributed by atoms with E-state index in [1.165, 1.54) is 11.6 Å². The van der Waals surface area contributed by atoms with Crippen molar-refractivity contribution >= 4 is 17.4 Å². The van der Waals surface area contributed by atoms with E-state index in [4.69, 9.17) is 9.47 Å². The molecule has 170 valence electrons. The Labute approximate surface area is 195 Å². The highest BCUT2D eigenvalue weighted by molar-refractivity contribution is 5.87. The molecule has 1 N–H and O–H groups in total. The summed E-state index contributed by atoms with van der Waals surface area (Å²) in [5, 5.41) is 3.50. The number of piperidine rings is 1. The number of benzene rings is 1. The highest BCUT2D eigenvalue weighted by Gasteiger charge is 2.24. The predicted molar refractivity (Wildman–Crippen MR) is 127 cm³/mol. The summed E-state index contributed by atoms with van der Waals surface area (Å²) in [6.07, 6.45) is 7.12. The molecule has 33 heavy (non-hydrogen) atoms. The molecule has 0 atom stereocenters. The number of fused-ring (bicyclic) bond motifs is 2. The third kappa shape index (κ3) is 4.74. The molecule has 1 aromatic carbocycles. The largest absolute Gasteiger partial charge is 0.487 e. The van der Waals surface area contributed by atoms with Crippen molar-refractivity contribution in [1.29, 1.82) is 0 Å². The zero-order valence-corrected chi connectivity index (χ0v) is 18.8. The van der Waals surface area contributed by atoms with Crippen molar-refractivity contribution in [1.82, 2.24) is 9.88 Å². The fourth-order valence-electron chi connectivity index (χ4n) is 4.83. The number of aromatic nitrogens is 1. The Hall–Kier alpha value is -3.30. The first-order chi connectivity index (χ1) is 16.2. The van der Waals surface area contributed by atoms with Crippen molar-refractivity contribution in [2.24, 2.45) is 5.92 Å². The number of ether oxygens (including phenoxy) is 2. The second-order valence-electron chi connectivity index (χ2n) is 8.81. The lowest BCUT2D eigenvalue weighted by molar-refractivity contribution is -0.127. The van der Waals surface area contributed by atoms with Gasteiger partial charge in [-0.3, -0.25) is 4.79 Å². The summed E-state index contributed by atoms with van der Waals surface area (Å²) in [6, 6.07) is 8.15. The second-order valence-corrected chi connectivity index (χ2v) is 8.81. The molecule has 3 aliphatic heterocycles. The van der Waals surface area contributed by atoms with E-state index >= 15 is 0 Å². The average Bonchev–Trinajstić information content (AvgIpc) is 3.06. The van der Waals surface area contributed by atoms with Crippen LogP contribution in [0.4, 0.5) is 11.5 Å². The highest BCUT2D eigenvalue weighted by Crippen LogP contribution is 2.38. The lowest BCUT2D eigenvalue weighted by Gasteiger charge is -2.28. The van der Waals surface area contributed by atoms with Crippen molar-refractivity contribution in [2.75, 3.05) is 31.6 Å². The minimum atomic E-state index is 0.00658. The molecule has 6 nitrogen and oxygen atoms in total. The third-order valence-corrected chi connectivity index (χ3v) is 6.76. The summed E-state index contributed by atoms with van der Waals surface area (Å²) in [5.41, 5.74) is 4.28. The molecule has 2 saturated heterocycles. The van der Waals surface area contributed by atoms with Crippen molar-refractivity contribution in [3.63, 3.8) is 0 Å². The topological polar surface area (TPSA) is 63.7 Å². The average molecular weight is 444 g/mol. The minimum absolute atomic E-state index is 0.00658. The Balaban J connectivity index is 1.31. The number of rotatable bonds is 2. The molecule has 0 aliphatic carbocycles. The smallest absolute Gasteiger partial charge is 0.245 e. The van der Waals surface area contributed by atoms with Gasteiger partial charge < -0.3 is 19.7 Å². The molecule has 0 radical (unpaired) electrons. The van der Waals surface area contributed by atoms with E-state index in [1.54, 1.807) is 0 Å². The van der Waals surface area contributed by atoms with Gasteiger partial charge in [0.2, 0.25) is 5.91 Å². The fourth-order valence-corrected chi connectivity index (χ4v) is 4.83. The van der Waals surface area contributed by atoms with Crippen LogP contribution in [0.3, 0.4) is 0 Å². The number of hydrogen-bond acceptors (Lipinski definition) is 5. The van der Waals surface area contributed by atoms with Crippen molar-refractivity contribution < 1.29 is 14.3 Å². The first-order valence-electron chi connectivity index (χ1n) is 11.7. The number of nitrogens with zero attached hydrogens (tertiary/aromatic N) is 2. The van der Waals surface area contributed by atoms with Crippen LogP contribution in [0, 0.1) is 17.8 Å². The number of carbonyl (C=O) groups is 1. The van der Waals surface area contributed by atoms with E-state index in [-0.39, 0.29) is 5.91 Å². The van der Waals surface area contributed by atoms with Crippen LogP contribution in [0.2, 0.25) is 0 Å². The maximum absolute atomic E-state index is 11.8. The fraction of sp³-hybridized carbons (Fsp3) is 0.407. The van der Waals surface area contributed by atoms with Gasteiger partial charge in [0, 0.05) is 49.5 Å². The maximum Gasteiger partial charge on any atom is 0.245 e. The van der Waals surface area contributed by atoms with E-state index in [1.807, 2.05) is 29.3 Å². The molecule has 0 spiro atoms. The molecule has 0 unspecified atom stereocenters. The van der Waals surface area contributed by atoms with Crippen LogP contribution in [0.1, 0.15) is 48.3 Å². The van der Waals surface area contributed by atoms with Crippen LogP contribution in [-0.2, 0) is 16.1 Å². The summed E-state index contributed by atoms with van der Waals surface area (Å²) in [4.78, 5) is 18.2. The van der Waals surface area contributed by atoms with Gasteiger partial charge in [-0.15, -0.1) is 0 Å². The molecule has 1 amide bonds. The first-order valence-corrected chi connectivity index (χ1v) is 11.7. The number of nitrogens with one attached hydrogen (secondary N) is 1. The molecule has 0 saturated carbocycles. The Bertz CT molecular complexity index is 1100. The molecule has 6 heteroatoms. The van der Waals surface area contributed by atoms with E-state index in [9.17, 15) is 4.79 Å². The molecular weight excluding hydrogens is 414 g/mol.